The number of ether oxygens (including phenoxy) is 1. The first-order valence-electron chi connectivity index (χ1n) is 7.35. The molecule has 0 saturated heterocycles. The van der Waals surface area contributed by atoms with Gasteiger partial charge in [0, 0.05) is 5.02 Å². The van der Waals surface area contributed by atoms with Crippen molar-refractivity contribution in [1.29, 1.82) is 0 Å². The van der Waals surface area contributed by atoms with Crippen LogP contribution in [0.5, 0.6) is 0 Å². The Kier molecular flexibility index (Phi) is 6.16. The maximum Gasteiger partial charge on any atom is 0.246 e. The molecule has 0 saturated carbocycles. The number of carbonyl (C=O) groups is 1. The van der Waals surface area contributed by atoms with Crippen LogP contribution in [0.3, 0.4) is 0 Å². The van der Waals surface area contributed by atoms with E-state index in [0.717, 1.165) is 11.1 Å². The van der Waals surface area contributed by atoms with Crippen molar-refractivity contribution in [3.63, 3.8) is 0 Å². The predicted molar refractivity (Wildman–Crippen MR) is 90.1 cm³/mol. The third-order valence-electron chi connectivity index (χ3n) is 3.47. The number of hydrogen-bond acceptors (Lipinski definition) is 3. The minimum absolute atomic E-state index is 0.0872. The van der Waals surface area contributed by atoms with Crippen LogP contribution in [-0.4, -0.2) is 24.2 Å². The fourth-order valence-electron chi connectivity index (χ4n) is 2.09. The summed E-state index contributed by atoms with van der Waals surface area (Å²) >= 11 is 6.01. The molecule has 0 aliphatic heterocycles. The first kappa shape index (κ1) is 17.5. The summed E-state index contributed by atoms with van der Waals surface area (Å²) in [5, 5.41) is 13.7. The van der Waals surface area contributed by atoms with Gasteiger partial charge in [-0.15, -0.1) is 0 Å². The highest BCUT2D eigenvalue weighted by atomic mass is 35.5. The zero-order valence-electron chi connectivity index (χ0n) is 13.0. The molecule has 0 aliphatic rings. The van der Waals surface area contributed by atoms with Crippen molar-refractivity contribution in [3.05, 3.63) is 70.7 Å². The zero-order chi connectivity index (χ0) is 16.7. The molecule has 0 heterocycles. The van der Waals surface area contributed by atoms with Crippen molar-refractivity contribution in [2.75, 3.05) is 13.2 Å². The lowest BCUT2D eigenvalue weighted by Crippen LogP contribution is -2.40. The topological polar surface area (TPSA) is 58.6 Å². The van der Waals surface area contributed by atoms with Gasteiger partial charge >= 0.3 is 0 Å². The van der Waals surface area contributed by atoms with E-state index in [9.17, 15) is 9.90 Å². The molecule has 4 nitrogen and oxygen atoms in total. The second kappa shape index (κ2) is 8.11. The first-order chi connectivity index (χ1) is 11.0. The molecule has 0 bridgehead atoms. The van der Waals surface area contributed by atoms with Crippen molar-refractivity contribution in [1.82, 2.24) is 5.32 Å². The summed E-state index contributed by atoms with van der Waals surface area (Å²) in [6, 6.07) is 16.5. The minimum Gasteiger partial charge on any atom is -0.384 e. The highest BCUT2D eigenvalue weighted by molar-refractivity contribution is 6.31. The molecule has 1 amide bonds. The third kappa shape index (κ3) is 5.36. The van der Waals surface area contributed by atoms with E-state index in [1.807, 2.05) is 48.5 Å². The lowest BCUT2D eigenvalue weighted by atomic mass is 9.96. The van der Waals surface area contributed by atoms with Crippen LogP contribution in [0.15, 0.2) is 54.6 Å². The van der Waals surface area contributed by atoms with Crippen molar-refractivity contribution in [3.8, 4) is 0 Å². The number of hydrogen-bond donors (Lipinski definition) is 2. The van der Waals surface area contributed by atoms with E-state index in [1.54, 1.807) is 13.0 Å². The number of amides is 1. The summed E-state index contributed by atoms with van der Waals surface area (Å²) < 4.78 is 5.36. The maximum atomic E-state index is 11.8. The number of nitrogens with one attached hydrogen (secondary N) is 1. The molecule has 1 atom stereocenters. The van der Waals surface area contributed by atoms with Gasteiger partial charge in [-0.25, -0.2) is 0 Å². The van der Waals surface area contributed by atoms with Gasteiger partial charge in [0.25, 0.3) is 0 Å². The molecule has 2 aromatic rings. The summed E-state index contributed by atoms with van der Waals surface area (Å²) in [5.74, 6) is -0.284. The second-order valence-electron chi connectivity index (χ2n) is 5.50. The Bertz CT molecular complexity index is 644. The largest absolute Gasteiger partial charge is 0.384 e. The molecule has 0 aromatic heterocycles. The van der Waals surface area contributed by atoms with Crippen LogP contribution in [0.25, 0.3) is 0 Å². The van der Waals surface area contributed by atoms with E-state index >= 15 is 0 Å². The average Bonchev–Trinajstić information content (AvgIpc) is 2.56. The standard InChI is InChI=1S/C18H20ClNO3/c1-18(22,15-8-3-2-4-9-15)13-20-17(21)12-23-11-14-7-5-6-10-16(14)19/h2-10,22H,11-13H2,1H3,(H,20,21). The number of rotatable bonds is 7. The van der Waals surface area contributed by atoms with E-state index in [0.29, 0.717) is 5.02 Å². The van der Waals surface area contributed by atoms with Crippen LogP contribution in [0.2, 0.25) is 5.02 Å². The number of carbonyl (C=O) groups excluding carboxylic acids is 1. The van der Waals surface area contributed by atoms with E-state index in [1.165, 1.54) is 0 Å². The summed E-state index contributed by atoms with van der Waals surface area (Å²) in [7, 11) is 0. The SMILES string of the molecule is CC(O)(CNC(=O)COCc1ccccc1Cl)c1ccccc1. The van der Waals surface area contributed by atoms with Gasteiger partial charge in [-0.05, 0) is 24.1 Å². The van der Waals surface area contributed by atoms with Crippen molar-refractivity contribution in [2.45, 2.75) is 19.1 Å². The van der Waals surface area contributed by atoms with E-state index in [4.69, 9.17) is 16.3 Å². The van der Waals surface area contributed by atoms with Gasteiger partial charge < -0.3 is 15.2 Å². The van der Waals surface area contributed by atoms with Gasteiger partial charge in [0.15, 0.2) is 0 Å². The van der Waals surface area contributed by atoms with Crippen molar-refractivity contribution < 1.29 is 14.6 Å². The number of aliphatic hydroxyl groups is 1. The molecule has 0 spiro atoms. The molecule has 2 rings (SSSR count). The van der Waals surface area contributed by atoms with Gasteiger partial charge in [0.2, 0.25) is 5.91 Å². The maximum absolute atomic E-state index is 11.8. The van der Waals surface area contributed by atoms with Crippen LogP contribution in [0.4, 0.5) is 0 Å². The monoisotopic (exact) mass is 333 g/mol. The predicted octanol–water partition coefficient (Wildman–Crippen LogP) is 2.88. The third-order valence-corrected chi connectivity index (χ3v) is 3.84. The molecule has 0 aliphatic carbocycles. The quantitative estimate of drug-likeness (QED) is 0.819. The highest BCUT2D eigenvalue weighted by Crippen LogP contribution is 2.19. The molecule has 1 unspecified atom stereocenters. The Labute approximate surface area is 141 Å². The van der Waals surface area contributed by atoms with Crippen LogP contribution in [-0.2, 0) is 21.7 Å². The zero-order valence-corrected chi connectivity index (χ0v) is 13.7. The molecule has 23 heavy (non-hydrogen) atoms. The van der Waals surface area contributed by atoms with Crippen molar-refractivity contribution in [2.24, 2.45) is 0 Å². The molecular formula is C18H20ClNO3. The molecule has 2 aromatic carbocycles. The summed E-state index contributed by atoms with van der Waals surface area (Å²) in [6.45, 7) is 1.96. The lowest BCUT2D eigenvalue weighted by molar-refractivity contribution is -0.127. The van der Waals surface area contributed by atoms with Crippen LogP contribution in [0, 0.1) is 0 Å². The fourth-order valence-corrected chi connectivity index (χ4v) is 2.28. The Morgan fingerprint density at radius 1 is 1.17 bits per heavy atom. The fraction of sp³-hybridized carbons (Fsp3) is 0.278. The Balaban J connectivity index is 1.76. The molecule has 5 heteroatoms. The Morgan fingerprint density at radius 3 is 2.52 bits per heavy atom. The van der Waals surface area contributed by atoms with Crippen LogP contribution >= 0.6 is 11.6 Å². The minimum atomic E-state index is -1.13. The van der Waals surface area contributed by atoms with Crippen LogP contribution < -0.4 is 5.32 Å². The summed E-state index contributed by atoms with van der Waals surface area (Å²) in [4.78, 5) is 11.8. The second-order valence-corrected chi connectivity index (χ2v) is 5.91. The summed E-state index contributed by atoms with van der Waals surface area (Å²) in [6.07, 6.45) is 0. The van der Waals surface area contributed by atoms with Gasteiger partial charge in [0.1, 0.15) is 12.2 Å². The van der Waals surface area contributed by atoms with E-state index < -0.39 is 5.60 Å². The Hall–Kier alpha value is -1.88. The van der Waals surface area contributed by atoms with E-state index in [2.05, 4.69) is 5.32 Å². The van der Waals surface area contributed by atoms with Gasteiger partial charge in [-0.1, -0.05) is 60.1 Å². The first-order valence-corrected chi connectivity index (χ1v) is 7.72. The lowest BCUT2D eigenvalue weighted by Gasteiger charge is -2.24. The molecule has 0 radical (unpaired) electrons. The normalized spacial score (nSPS) is 13.3. The average molecular weight is 334 g/mol. The van der Waals surface area contributed by atoms with E-state index in [-0.39, 0.29) is 25.7 Å². The molecule has 2 N–H and O–H groups in total. The van der Waals surface area contributed by atoms with Gasteiger partial charge in [0.05, 0.1) is 13.2 Å². The highest BCUT2D eigenvalue weighted by Gasteiger charge is 2.23. The van der Waals surface area contributed by atoms with Crippen molar-refractivity contribution >= 4 is 17.5 Å². The summed E-state index contributed by atoms with van der Waals surface area (Å²) in [5.41, 5.74) is 0.454. The number of halogens is 1. The molecular weight excluding hydrogens is 314 g/mol. The smallest absolute Gasteiger partial charge is 0.246 e. The van der Waals surface area contributed by atoms with Gasteiger partial charge in [-0.3, -0.25) is 4.79 Å². The number of benzene rings is 2. The Morgan fingerprint density at radius 2 is 1.83 bits per heavy atom. The van der Waals surface area contributed by atoms with Gasteiger partial charge in [-0.2, -0.15) is 0 Å². The molecule has 0 fully saturated rings. The van der Waals surface area contributed by atoms with Crippen LogP contribution in [0.1, 0.15) is 18.1 Å². The molecule has 122 valence electrons.